The van der Waals surface area contributed by atoms with Gasteiger partial charge in [0.15, 0.2) is 0 Å². The lowest BCUT2D eigenvalue weighted by atomic mass is 10.0. The number of aryl methyl sites for hydroxylation is 2. The number of pyridine rings is 1. The van der Waals surface area contributed by atoms with E-state index in [0.717, 1.165) is 16.7 Å². The summed E-state index contributed by atoms with van der Waals surface area (Å²) in [4.78, 5) is 25.1. The van der Waals surface area contributed by atoms with Gasteiger partial charge in [-0.1, -0.05) is 35.4 Å². The fourth-order valence-corrected chi connectivity index (χ4v) is 3.41. The first-order chi connectivity index (χ1) is 12.8. The average molecular weight is 364 g/mol. The molecule has 0 radical (unpaired) electrons. The molecule has 0 aliphatic carbocycles. The van der Waals surface area contributed by atoms with Crippen molar-refractivity contribution in [2.75, 3.05) is 5.32 Å². The second-order valence-electron chi connectivity index (χ2n) is 7.11. The zero-order chi connectivity index (χ0) is 19.6. The lowest BCUT2D eigenvalue weighted by molar-refractivity contribution is -0.115. The lowest BCUT2D eigenvalue weighted by Crippen LogP contribution is -2.25. The maximum Gasteiger partial charge on any atom is 0.258 e. The van der Waals surface area contributed by atoms with Crippen LogP contribution in [-0.4, -0.2) is 21.7 Å². The summed E-state index contributed by atoms with van der Waals surface area (Å²) in [6.45, 7) is 5.90. The molecule has 27 heavy (non-hydrogen) atoms. The van der Waals surface area contributed by atoms with Gasteiger partial charge in [0.05, 0.1) is 19.1 Å². The Labute approximate surface area is 158 Å². The van der Waals surface area contributed by atoms with Gasteiger partial charge in [-0.3, -0.25) is 9.59 Å². The van der Waals surface area contributed by atoms with Crippen molar-refractivity contribution in [1.29, 1.82) is 0 Å². The standard InChI is InChI=1S/C22H24N2O3/c1-14-9-15(2)11-17(10-14)12-21(26)23-20-6-4-5-19-18(20)7-8-24(22(19)27)13-16(3)25/h4-11,16,25H,12-13H2,1-3H3,(H,23,26). The number of aliphatic hydroxyl groups is 1. The first kappa shape index (κ1) is 18.9. The molecule has 1 unspecified atom stereocenters. The van der Waals surface area contributed by atoms with Gasteiger partial charge in [-0.25, -0.2) is 0 Å². The van der Waals surface area contributed by atoms with E-state index in [9.17, 15) is 14.7 Å². The van der Waals surface area contributed by atoms with E-state index in [4.69, 9.17) is 0 Å². The monoisotopic (exact) mass is 364 g/mol. The summed E-state index contributed by atoms with van der Waals surface area (Å²) in [7, 11) is 0. The van der Waals surface area contributed by atoms with Crippen LogP contribution in [0.15, 0.2) is 53.5 Å². The highest BCUT2D eigenvalue weighted by Gasteiger charge is 2.11. The fourth-order valence-electron chi connectivity index (χ4n) is 3.41. The summed E-state index contributed by atoms with van der Waals surface area (Å²) >= 11 is 0. The van der Waals surface area contributed by atoms with Gasteiger partial charge in [0.25, 0.3) is 5.56 Å². The van der Waals surface area contributed by atoms with Gasteiger partial charge in [0.1, 0.15) is 0 Å². The van der Waals surface area contributed by atoms with Crippen LogP contribution in [0.4, 0.5) is 5.69 Å². The number of aromatic nitrogens is 1. The Morgan fingerprint density at radius 2 is 1.81 bits per heavy atom. The number of aliphatic hydroxyl groups excluding tert-OH is 1. The van der Waals surface area contributed by atoms with Gasteiger partial charge < -0.3 is 15.0 Å². The predicted molar refractivity (Wildman–Crippen MR) is 108 cm³/mol. The fraction of sp³-hybridized carbons (Fsp3) is 0.273. The highest BCUT2D eigenvalue weighted by molar-refractivity contribution is 6.02. The van der Waals surface area contributed by atoms with Crippen molar-refractivity contribution >= 4 is 22.4 Å². The minimum absolute atomic E-state index is 0.124. The topological polar surface area (TPSA) is 71.3 Å². The zero-order valence-electron chi connectivity index (χ0n) is 15.8. The largest absolute Gasteiger partial charge is 0.392 e. The van der Waals surface area contributed by atoms with E-state index >= 15 is 0 Å². The van der Waals surface area contributed by atoms with Gasteiger partial charge in [0, 0.05) is 22.7 Å². The van der Waals surface area contributed by atoms with Gasteiger partial charge in [-0.15, -0.1) is 0 Å². The number of fused-ring (bicyclic) bond motifs is 1. The third-order valence-corrected chi connectivity index (χ3v) is 4.40. The molecule has 1 heterocycles. The second kappa shape index (κ2) is 7.76. The average Bonchev–Trinajstić information content (AvgIpc) is 2.56. The molecule has 3 aromatic rings. The van der Waals surface area contributed by atoms with E-state index in [0.29, 0.717) is 16.5 Å². The van der Waals surface area contributed by atoms with Crippen LogP contribution in [-0.2, 0) is 17.8 Å². The van der Waals surface area contributed by atoms with Crippen molar-refractivity contribution in [3.8, 4) is 0 Å². The summed E-state index contributed by atoms with van der Waals surface area (Å²) in [6, 6.07) is 13.2. The summed E-state index contributed by atoms with van der Waals surface area (Å²) in [6.07, 6.45) is 1.32. The molecule has 1 amide bonds. The third kappa shape index (κ3) is 4.44. The molecular weight excluding hydrogens is 340 g/mol. The number of carbonyl (C=O) groups excluding carboxylic acids is 1. The van der Waals surface area contributed by atoms with Crippen molar-refractivity contribution < 1.29 is 9.90 Å². The van der Waals surface area contributed by atoms with E-state index in [2.05, 4.69) is 11.4 Å². The number of benzene rings is 2. The predicted octanol–water partition coefficient (Wildman–Crippen LogP) is 3.18. The zero-order valence-corrected chi connectivity index (χ0v) is 15.8. The molecule has 0 bridgehead atoms. The van der Waals surface area contributed by atoms with Crippen LogP contribution >= 0.6 is 0 Å². The maximum atomic E-state index is 12.6. The summed E-state index contributed by atoms with van der Waals surface area (Å²) in [5.74, 6) is -0.124. The Morgan fingerprint density at radius 3 is 2.48 bits per heavy atom. The molecule has 3 rings (SSSR count). The van der Waals surface area contributed by atoms with Crippen LogP contribution in [0.1, 0.15) is 23.6 Å². The van der Waals surface area contributed by atoms with Crippen molar-refractivity contribution in [3.05, 3.63) is 75.7 Å². The molecule has 5 nitrogen and oxygen atoms in total. The second-order valence-corrected chi connectivity index (χ2v) is 7.11. The van der Waals surface area contributed by atoms with Crippen molar-refractivity contribution in [1.82, 2.24) is 4.57 Å². The molecule has 1 aromatic heterocycles. The molecule has 0 fully saturated rings. The number of hydrogen-bond acceptors (Lipinski definition) is 3. The minimum Gasteiger partial charge on any atom is -0.392 e. The Balaban J connectivity index is 1.87. The van der Waals surface area contributed by atoms with Crippen LogP contribution in [0, 0.1) is 13.8 Å². The Kier molecular flexibility index (Phi) is 5.42. The molecule has 0 aliphatic heterocycles. The Morgan fingerprint density at radius 1 is 1.11 bits per heavy atom. The molecule has 5 heteroatoms. The van der Waals surface area contributed by atoms with Crippen LogP contribution in [0.2, 0.25) is 0 Å². The van der Waals surface area contributed by atoms with Crippen LogP contribution in [0.3, 0.4) is 0 Å². The summed E-state index contributed by atoms with van der Waals surface area (Å²) < 4.78 is 1.48. The van der Waals surface area contributed by atoms with Gasteiger partial charge in [-0.2, -0.15) is 0 Å². The summed E-state index contributed by atoms with van der Waals surface area (Å²) in [5, 5.41) is 13.7. The molecule has 0 spiro atoms. The molecule has 0 saturated carbocycles. The molecule has 2 N–H and O–H groups in total. The smallest absolute Gasteiger partial charge is 0.258 e. The van der Waals surface area contributed by atoms with E-state index in [1.807, 2.05) is 26.0 Å². The van der Waals surface area contributed by atoms with E-state index < -0.39 is 6.10 Å². The molecule has 0 saturated heterocycles. The molecule has 2 aromatic carbocycles. The Hall–Kier alpha value is -2.92. The number of amides is 1. The lowest BCUT2D eigenvalue weighted by Gasteiger charge is -2.12. The number of hydrogen-bond donors (Lipinski definition) is 2. The number of rotatable bonds is 5. The van der Waals surface area contributed by atoms with Gasteiger partial charge >= 0.3 is 0 Å². The first-order valence-electron chi connectivity index (χ1n) is 9.01. The highest BCUT2D eigenvalue weighted by Crippen LogP contribution is 2.21. The maximum absolute atomic E-state index is 12.6. The molecule has 0 aliphatic rings. The first-order valence-corrected chi connectivity index (χ1v) is 9.01. The van der Waals surface area contributed by atoms with Crippen LogP contribution < -0.4 is 10.9 Å². The number of nitrogens with one attached hydrogen (secondary N) is 1. The normalized spacial score (nSPS) is 12.1. The Bertz CT molecular complexity index is 1030. The van der Waals surface area contributed by atoms with Crippen LogP contribution in [0.5, 0.6) is 0 Å². The van der Waals surface area contributed by atoms with Gasteiger partial charge in [-0.05, 0) is 44.5 Å². The van der Waals surface area contributed by atoms with Crippen LogP contribution in [0.25, 0.3) is 10.8 Å². The van der Waals surface area contributed by atoms with E-state index in [1.165, 1.54) is 4.57 Å². The van der Waals surface area contributed by atoms with Crippen molar-refractivity contribution in [2.24, 2.45) is 0 Å². The summed E-state index contributed by atoms with van der Waals surface area (Å²) in [5.41, 5.74) is 3.65. The minimum atomic E-state index is -0.610. The van der Waals surface area contributed by atoms with Crippen molar-refractivity contribution in [2.45, 2.75) is 39.8 Å². The quantitative estimate of drug-likeness (QED) is 0.730. The van der Waals surface area contributed by atoms with E-state index in [1.54, 1.807) is 37.4 Å². The number of carbonyl (C=O) groups is 1. The molecular formula is C22H24N2O3. The van der Waals surface area contributed by atoms with Gasteiger partial charge in [0.2, 0.25) is 5.91 Å². The van der Waals surface area contributed by atoms with E-state index in [-0.39, 0.29) is 24.4 Å². The number of anilines is 1. The molecule has 140 valence electrons. The SMILES string of the molecule is Cc1cc(C)cc(CC(=O)Nc2cccc3c(=O)n(CC(C)O)ccc23)c1. The third-order valence-electron chi connectivity index (χ3n) is 4.40. The molecule has 1 atom stereocenters. The number of nitrogens with zero attached hydrogens (tertiary/aromatic N) is 1. The van der Waals surface area contributed by atoms with Crippen molar-refractivity contribution in [3.63, 3.8) is 0 Å². The highest BCUT2D eigenvalue weighted by atomic mass is 16.3.